The molecule has 0 saturated heterocycles. The smallest absolute Gasteiger partial charge is 0.224 e. The van der Waals surface area contributed by atoms with Gasteiger partial charge in [-0.15, -0.1) is 0 Å². The van der Waals surface area contributed by atoms with Gasteiger partial charge in [-0.25, -0.2) is 4.39 Å². The lowest BCUT2D eigenvalue weighted by Gasteiger charge is -2.08. The lowest BCUT2D eigenvalue weighted by Crippen LogP contribution is -2.24. The van der Waals surface area contributed by atoms with Crippen molar-refractivity contribution in [2.45, 2.75) is 19.9 Å². The third-order valence-electron chi connectivity index (χ3n) is 3.32. The zero-order chi connectivity index (χ0) is 15.2. The molecule has 0 saturated carbocycles. The van der Waals surface area contributed by atoms with Crippen LogP contribution in [0.4, 0.5) is 4.39 Å². The van der Waals surface area contributed by atoms with Crippen molar-refractivity contribution < 1.29 is 13.9 Å². The van der Waals surface area contributed by atoms with Gasteiger partial charge in [-0.2, -0.15) is 0 Å². The highest BCUT2D eigenvalue weighted by molar-refractivity contribution is 5.78. The van der Waals surface area contributed by atoms with Crippen LogP contribution in [-0.4, -0.2) is 13.0 Å². The van der Waals surface area contributed by atoms with Gasteiger partial charge in [0.15, 0.2) is 11.6 Å². The number of ether oxygens (including phenoxy) is 1. The second-order valence-corrected chi connectivity index (χ2v) is 4.85. The van der Waals surface area contributed by atoms with Crippen LogP contribution in [0.25, 0.3) is 0 Å². The predicted molar refractivity (Wildman–Crippen MR) is 79.7 cm³/mol. The Kier molecular flexibility index (Phi) is 4.93. The van der Waals surface area contributed by atoms with Gasteiger partial charge in [0.25, 0.3) is 0 Å². The number of carbonyl (C=O) groups is 1. The summed E-state index contributed by atoms with van der Waals surface area (Å²) in [6.45, 7) is 2.48. The zero-order valence-corrected chi connectivity index (χ0v) is 12.2. The summed E-state index contributed by atoms with van der Waals surface area (Å²) >= 11 is 0. The molecule has 21 heavy (non-hydrogen) atoms. The fourth-order valence-electron chi connectivity index (χ4n) is 2.07. The number of hydrogen-bond acceptors (Lipinski definition) is 2. The highest BCUT2D eigenvalue weighted by Gasteiger charge is 2.08. The van der Waals surface area contributed by atoms with Crippen LogP contribution in [0, 0.1) is 12.7 Å². The molecule has 1 N–H and O–H groups in total. The minimum Gasteiger partial charge on any atom is -0.494 e. The second-order valence-electron chi connectivity index (χ2n) is 4.85. The number of carbonyl (C=O) groups excluding carboxylic acids is 1. The van der Waals surface area contributed by atoms with Crippen LogP contribution in [0.5, 0.6) is 5.75 Å². The third kappa shape index (κ3) is 4.05. The topological polar surface area (TPSA) is 38.3 Å². The predicted octanol–water partition coefficient (Wildman–Crippen LogP) is 3.00. The van der Waals surface area contributed by atoms with Gasteiger partial charge in [-0.3, -0.25) is 4.79 Å². The molecule has 0 aliphatic heterocycles. The first-order valence-electron chi connectivity index (χ1n) is 6.74. The van der Waals surface area contributed by atoms with Gasteiger partial charge in [0, 0.05) is 6.54 Å². The summed E-state index contributed by atoms with van der Waals surface area (Å²) in [5.41, 5.74) is 2.83. The van der Waals surface area contributed by atoms with Crippen molar-refractivity contribution in [3.8, 4) is 5.75 Å². The largest absolute Gasteiger partial charge is 0.494 e. The Balaban J connectivity index is 1.93. The molecule has 0 unspecified atom stereocenters. The number of nitrogens with one attached hydrogen (secondary N) is 1. The molecule has 2 aromatic rings. The Labute approximate surface area is 123 Å². The van der Waals surface area contributed by atoms with Gasteiger partial charge < -0.3 is 10.1 Å². The molecule has 0 bridgehead atoms. The normalized spacial score (nSPS) is 10.2. The molecule has 0 aliphatic rings. The van der Waals surface area contributed by atoms with Crippen LogP contribution in [0.2, 0.25) is 0 Å². The summed E-state index contributed by atoms with van der Waals surface area (Å²) in [6.07, 6.45) is 0.146. The maximum absolute atomic E-state index is 13.5. The number of hydrogen-bond donors (Lipinski definition) is 1. The number of aryl methyl sites for hydroxylation is 1. The molecule has 1 amide bonds. The van der Waals surface area contributed by atoms with E-state index < -0.39 is 5.82 Å². The standard InChI is InChI=1S/C17H18FNO2/c1-12-5-3-4-6-14(12)11-19-17(20)10-13-7-8-16(21-2)15(18)9-13/h3-9H,10-11H2,1-2H3,(H,19,20). The molecule has 0 aliphatic carbocycles. The average Bonchev–Trinajstić information content (AvgIpc) is 2.46. The monoisotopic (exact) mass is 287 g/mol. The lowest BCUT2D eigenvalue weighted by molar-refractivity contribution is -0.120. The van der Waals surface area contributed by atoms with Crippen molar-refractivity contribution in [2.24, 2.45) is 0 Å². The molecule has 2 aromatic carbocycles. The van der Waals surface area contributed by atoms with E-state index in [1.165, 1.54) is 19.2 Å². The van der Waals surface area contributed by atoms with E-state index in [0.717, 1.165) is 11.1 Å². The van der Waals surface area contributed by atoms with E-state index in [2.05, 4.69) is 5.32 Å². The van der Waals surface area contributed by atoms with E-state index in [0.29, 0.717) is 12.1 Å². The van der Waals surface area contributed by atoms with Crippen molar-refractivity contribution in [1.29, 1.82) is 0 Å². The van der Waals surface area contributed by atoms with Gasteiger partial charge >= 0.3 is 0 Å². The minimum absolute atomic E-state index is 0.136. The summed E-state index contributed by atoms with van der Waals surface area (Å²) < 4.78 is 18.4. The van der Waals surface area contributed by atoms with Crippen LogP contribution in [0.15, 0.2) is 42.5 Å². The average molecular weight is 287 g/mol. The van der Waals surface area contributed by atoms with E-state index in [1.807, 2.05) is 31.2 Å². The fourth-order valence-corrected chi connectivity index (χ4v) is 2.07. The molecule has 110 valence electrons. The van der Waals surface area contributed by atoms with E-state index in [4.69, 9.17) is 4.74 Å². The lowest BCUT2D eigenvalue weighted by atomic mass is 10.1. The van der Waals surface area contributed by atoms with Crippen LogP contribution in [0.1, 0.15) is 16.7 Å². The summed E-state index contributed by atoms with van der Waals surface area (Å²) in [5.74, 6) is -0.413. The second kappa shape index (κ2) is 6.88. The van der Waals surface area contributed by atoms with Crippen molar-refractivity contribution in [1.82, 2.24) is 5.32 Å². The van der Waals surface area contributed by atoms with Crippen LogP contribution < -0.4 is 10.1 Å². The summed E-state index contributed by atoms with van der Waals surface area (Å²) in [5, 5.41) is 2.84. The van der Waals surface area contributed by atoms with Crippen LogP contribution in [-0.2, 0) is 17.8 Å². The highest BCUT2D eigenvalue weighted by atomic mass is 19.1. The fraction of sp³-hybridized carbons (Fsp3) is 0.235. The Morgan fingerprint density at radius 1 is 1.24 bits per heavy atom. The number of benzene rings is 2. The molecule has 0 fully saturated rings. The number of amides is 1. The Morgan fingerprint density at radius 3 is 2.67 bits per heavy atom. The van der Waals surface area contributed by atoms with Crippen molar-refractivity contribution in [3.63, 3.8) is 0 Å². The molecule has 0 radical (unpaired) electrons. The van der Waals surface area contributed by atoms with Gasteiger partial charge in [-0.1, -0.05) is 30.3 Å². The third-order valence-corrected chi connectivity index (χ3v) is 3.32. The van der Waals surface area contributed by atoms with Gasteiger partial charge in [-0.05, 0) is 35.7 Å². The molecule has 2 rings (SSSR count). The van der Waals surface area contributed by atoms with Crippen molar-refractivity contribution in [3.05, 3.63) is 65.0 Å². The van der Waals surface area contributed by atoms with E-state index in [1.54, 1.807) is 6.07 Å². The molecule has 0 atom stereocenters. The van der Waals surface area contributed by atoms with Crippen LogP contribution >= 0.6 is 0 Å². The van der Waals surface area contributed by atoms with Gasteiger partial charge in [0.2, 0.25) is 5.91 Å². The Morgan fingerprint density at radius 2 is 2.00 bits per heavy atom. The first kappa shape index (κ1) is 15.0. The number of halogens is 1. The van der Waals surface area contributed by atoms with E-state index >= 15 is 0 Å². The molecule has 3 nitrogen and oxygen atoms in total. The van der Waals surface area contributed by atoms with Crippen LogP contribution in [0.3, 0.4) is 0 Å². The van der Waals surface area contributed by atoms with E-state index in [-0.39, 0.29) is 18.1 Å². The maximum Gasteiger partial charge on any atom is 0.224 e. The van der Waals surface area contributed by atoms with Gasteiger partial charge in [0.1, 0.15) is 0 Å². The zero-order valence-electron chi connectivity index (χ0n) is 12.2. The van der Waals surface area contributed by atoms with Crippen molar-refractivity contribution >= 4 is 5.91 Å². The molecular formula is C17H18FNO2. The van der Waals surface area contributed by atoms with E-state index in [9.17, 15) is 9.18 Å². The quantitative estimate of drug-likeness (QED) is 0.918. The summed E-state index contributed by atoms with van der Waals surface area (Å²) in [7, 11) is 1.41. The van der Waals surface area contributed by atoms with Crippen molar-refractivity contribution in [2.75, 3.05) is 7.11 Å². The Hall–Kier alpha value is -2.36. The molecule has 0 aromatic heterocycles. The molecule has 4 heteroatoms. The molecule has 0 spiro atoms. The SMILES string of the molecule is COc1ccc(CC(=O)NCc2ccccc2C)cc1F. The number of rotatable bonds is 5. The Bertz CT molecular complexity index is 640. The molecular weight excluding hydrogens is 269 g/mol. The maximum atomic E-state index is 13.5. The first-order chi connectivity index (χ1) is 10.1. The highest BCUT2D eigenvalue weighted by Crippen LogP contribution is 2.18. The minimum atomic E-state index is -0.457. The summed E-state index contributed by atoms with van der Waals surface area (Å²) in [6, 6.07) is 12.4. The first-order valence-corrected chi connectivity index (χ1v) is 6.74. The number of methoxy groups -OCH3 is 1. The summed E-state index contributed by atoms with van der Waals surface area (Å²) in [4.78, 5) is 11.9. The van der Waals surface area contributed by atoms with Gasteiger partial charge in [0.05, 0.1) is 13.5 Å². The molecule has 0 heterocycles.